The first kappa shape index (κ1) is 10.5. The Bertz CT molecular complexity index is 183. The van der Waals surface area contributed by atoms with Crippen molar-refractivity contribution in [2.75, 3.05) is 6.54 Å². The largest absolute Gasteiger partial charge is 0.480 e. The number of carboxylic acids is 1. The molecule has 0 aromatic rings. The van der Waals surface area contributed by atoms with Crippen molar-refractivity contribution < 1.29 is 9.90 Å². The number of aliphatic carboxylic acids is 1. The molecule has 1 fully saturated rings. The van der Waals surface area contributed by atoms with Gasteiger partial charge in [-0.2, -0.15) is 0 Å². The van der Waals surface area contributed by atoms with Gasteiger partial charge in [-0.25, -0.2) is 0 Å². The molecular formula is C10H19NO2. The second kappa shape index (κ2) is 4.09. The van der Waals surface area contributed by atoms with Crippen molar-refractivity contribution >= 4 is 5.97 Å². The molecule has 1 saturated carbocycles. The number of hydrogen-bond acceptors (Lipinski definition) is 2. The number of carboxylic acid groups (broad SMARTS) is 1. The van der Waals surface area contributed by atoms with E-state index >= 15 is 0 Å². The zero-order valence-electron chi connectivity index (χ0n) is 8.47. The summed E-state index contributed by atoms with van der Waals surface area (Å²) in [6.07, 6.45) is 3.84. The Morgan fingerprint density at radius 3 is 2.31 bits per heavy atom. The topological polar surface area (TPSA) is 49.3 Å². The summed E-state index contributed by atoms with van der Waals surface area (Å²) in [5.41, 5.74) is -0.553. The molecule has 1 aliphatic carbocycles. The smallest absolute Gasteiger partial charge is 0.323 e. The van der Waals surface area contributed by atoms with E-state index in [1.54, 1.807) is 0 Å². The summed E-state index contributed by atoms with van der Waals surface area (Å²) in [4.78, 5) is 10.8. The normalized spacial score (nSPS) is 19.0. The van der Waals surface area contributed by atoms with Crippen LogP contribution in [0.5, 0.6) is 0 Å². The minimum atomic E-state index is -0.682. The summed E-state index contributed by atoms with van der Waals surface area (Å²) in [7, 11) is 0. The second-order valence-electron chi connectivity index (χ2n) is 3.95. The fraction of sp³-hybridized carbons (Fsp3) is 0.900. The van der Waals surface area contributed by atoms with Gasteiger partial charge >= 0.3 is 5.97 Å². The lowest BCUT2D eigenvalue weighted by Crippen LogP contribution is -2.41. The maximum absolute atomic E-state index is 10.8. The van der Waals surface area contributed by atoms with Crippen molar-refractivity contribution in [3.8, 4) is 0 Å². The minimum Gasteiger partial charge on any atom is -0.480 e. The van der Waals surface area contributed by atoms with E-state index in [2.05, 4.69) is 19.2 Å². The second-order valence-corrected chi connectivity index (χ2v) is 3.95. The predicted molar refractivity (Wildman–Crippen MR) is 51.7 cm³/mol. The summed E-state index contributed by atoms with van der Waals surface area (Å²) in [6, 6.07) is 0. The fourth-order valence-corrected chi connectivity index (χ4v) is 1.51. The third-order valence-corrected chi connectivity index (χ3v) is 3.04. The van der Waals surface area contributed by atoms with Crippen LogP contribution in [-0.4, -0.2) is 23.2 Å². The maximum atomic E-state index is 10.8. The molecule has 0 aromatic carbocycles. The van der Waals surface area contributed by atoms with E-state index in [1.165, 1.54) is 0 Å². The summed E-state index contributed by atoms with van der Waals surface area (Å²) >= 11 is 0. The average Bonchev–Trinajstić information content (AvgIpc) is 2.87. The van der Waals surface area contributed by atoms with Gasteiger partial charge in [0.05, 0.1) is 0 Å². The molecule has 3 heteroatoms. The van der Waals surface area contributed by atoms with Gasteiger partial charge in [-0.15, -0.1) is 0 Å². The van der Waals surface area contributed by atoms with Gasteiger partial charge in [-0.1, -0.05) is 26.7 Å². The van der Waals surface area contributed by atoms with Crippen LogP contribution in [0.4, 0.5) is 0 Å². The molecule has 3 nitrogen and oxygen atoms in total. The molecule has 0 saturated heterocycles. The molecule has 0 heterocycles. The highest BCUT2D eigenvalue weighted by atomic mass is 16.4. The number of hydrogen-bond donors (Lipinski definition) is 2. The molecule has 76 valence electrons. The number of carbonyl (C=O) groups is 1. The van der Waals surface area contributed by atoms with E-state index in [-0.39, 0.29) is 0 Å². The van der Waals surface area contributed by atoms with Gasteiger partial charge < -0.3 is 10.4 Å². The maximum Gasteiger partial charge on any atom is 0.323 e. The summed E-state index contributed by atoms with van der Waals surface area (Å²) < 4.78 is 0. The molecule has 0 amide bonds. The Hall–Kier alpha value is -0.570. The standard InChI is InChI=1S/C10H19NO2/c1-3-8(4-2)7-11-10(5-6-10)9(12)13/h8,11H,3-7H2,1-2H3,(H,12,13). The predicted octanol–water partition coefficient (Wildman–Crippen LogP) is 1.63. The lowest BCUT2D eigenvalue weighted by atomic mass is 10.0. The van der Waals surface area contributed by atoms with Crippen LogP contribution in [0.25, 0.3) is 0 Å². The molecule has 13 heavy (non-hydrogen) atoms. The highest BCUT2D eigenvalue weighted by molar-refractivity contribution is 5.82. The third-order valence-electron chi connectivity index (χ3n) is 3.04. The molecule has 0 atom stereocenters. The van der Waals surface area contributed by atoms with E-state index in [1.807, 2.05) is 0 Å². The third kappa shape index (κ3) is 2.44. The quantitative estimate of drug-likeness (QED) is 0.661. The van der Waals surface area contributed by atoms with Crippen LogP contribution in [0, 0.1) is 5.92 Å². The average molecular weight is 185 g/mol. The van der Waals surface area contributed by atoms with Gasteiger partial charge in [0.1, 0.15) is 5.54 Å². The Labute approximate surface area is 79.5 Å². The summed E-state index contributed by atoms with van der Waals surface area (Å²) in [6.45, 7) is 5.14. The van der Waals surface area contributed by atoms with Crippen molar-refractivity contribution in [1.82, 2.24) is 5.32 Å². The van der Waals surface area contributed by atoms with Crippen LogP contribution >= 0.6 is 0 Å². The lowest BCUT2D eigenvalue weighted by molar-refractivity contribution is -0.140. The molecule has 1 aliphatic rings. The van der Waals surface area contributed by atoms with Gasteiger partial charge in [0.15, 0.2) is 0 Å². The van der Waals surface area contributed by atoms with Crippen LogP contribution in [0.2, 0.25) is 0 Å². The van der Waals surface area contributed by atoms with Crippen molar-refractivity contribution in [1.29, 1.82) is 0 Å². The Kier molecular flexibility index (Phi) is 3.31. The van der Waals surface area contributed by atoms with Crippen molar-refractivity contribution in [3.63, 3.8) is 0 Å². The molecule has 0 aliphatic heterocycles. The van der Waals surface area contributed by atoms with Gasteiger partial charge in [0.25, 0.3) is 0 Å². The van der Waals surface area contributed by atoms with Gasteiger partial charge in [0, 0.05) is 0 Å². The van der Waals surface area contributed by atoms with Crippen LogP contribution in [0.1, 0.15) is 39.5 Å². The molecule has 0 radical (unpaired) electrons. The van der Waals surface area contributed by atoms with E-state index in [0.717, 1.165) is 32.2 Å². The first-order valence-electron chi connectivity index (χ1n) is 5.13. The first-order valence-corrected chi connectivity index (χ1v) is 5.13. The first-order chi connectivity index (χ1) is 6.14. The van der Waals surface area contributed by atoms with E-state index in [4.69, 9.17) is 5.11 Å². The molecular weight excluding hydrogens is 166 g/mol. The highest BCUT2D eigenvalue weighted by Crippen LogP contribution is 2.35. The van der Waals surface area contributed by atoms with Gasteiger partial charge in [0.2, 0.25) is 0 Å². The highest BCUT2D eigenvalue weighted by Gasteiger charge is 2.49. The summed E-state index contributed by atoms with van der Waals surface area (Å²) in [5.74, 6) is -0.0599. The number of rotatable bonds is 6. The van der Waals surface area contributed by atoms with Gasteiger partial charge in [-0.05, 0) is 25.3 Å². The van der Waals surface area contributed by atoms with Crippen molar-refractivity contribution in [2.45, 2.75) is 45.1 Å². The monoisotopic (exact) mass is 185 g/mol. The fourth-order valence-electron chi connectivity index (χ4n) is 1.51. The van der Waals surface area contributed by atoms with Crippen LogP contribution in [0.3, 0.4) is 0 Å². The Balaban J connectivity index is 2.29. The molecule has 1 rings (SSSR count). The zero-order valence-corrected chi connectivity index (χ0v) is 8.47. The molecule has 0 unspecified atom stereocenters. The zero-order chi connectivity index (χ0) is 9.90. The minimum absolute atomic E-state index is 0.553. The SMILES string of the molecule is CCC(CC)CNC1(C(=O)O)CC1. The molecule has 0 spiro atoms. The lowest BCUT2D eigenvalue weighted by Gasteiger charge is -2.17. The molecule has 0 aromatic heterocycles. The van der Waals surface area contributed by atoms with Crippen LogP contribution < -0.4 is 5.32 Å². The van der Waals surface area contributed by atoms with E-state index < -0.39 is 11.5 Å². The summed E-state index contributed by atoms with van der Waals surface area (Å²) in [5, 5.41) is 12.1. The van der Waals surface area contributed by atoms with Crippen LogP contribution in [0.15, 0.2) is 0 Å². The molecule has 2 N–H and O–H groups in total. The molecule has 0 bridgehead atoms. The number of nitrogens with one attached hydrogen (secondary N) is 1. The van der Waals surface area contributed by atoms with Gasteiger partial charge in [-0.3, -0.25) is 4.79 Å². The van der Waals surface area contributed by atoms with Crippen LogP contribution in [-0.2, 0) is 4.79 Å². The van der Waals surface area contributed by atoms with E-state index in [0.29, 0.717) is 5.92 Å². The van der Waals surface area contributed by atoms with Crippen molar-refractivity contribution in [3.05, 3.63) is 0 Å². The van der Waals surface area contributed by atoms with E-state index in [9.17, 15) is 4.79 Å². The Morgan fingerprint density at radius 1 is 1.46 bits per heavy atom. The van der Waals surface area contributed by atoms with Crippen molar-refractivity contribution in [2.24, 2.45) is 5.92 Å². The Morgan fingerprint density at radius 2 is 2.00 bits per heavy atom.